The zero-order valence-corrected chi connectivity index (χ0v) is 40.2. The summed E-state index contributed by atoms with van der Waals surface area (Å²) in [6.07, 6.45) is 6.73. The number of rotatable bonds is 13. The van der Waals surface area contributed by atoms with Crippen molar-refractivity contribution >= 4 is 52.7 Å². The van der Waals surface area contributed by atoms with Crippen molar-refractivity contribution in [2.24, 2.45) is 10.8 Å². The number of carbonyl (C=O) groups excluding carboxylic acids is 3. The van der Waals surface area contributed by atoms with Crippen LogP contribution in [-0.4, -0.2) is 91.7 Å². The van der Waals surface area contributed by atoms with Crippen LogP contribution >= 0.6 is 11.6 Å². The Morgan fingerprint density at radius 3 is 1.61 bits per heavy atom. The second-order valence-electron chi connectivity index (χ2n) is 18.9. The predicted molar refractivity (Wildman–Crippen MR) is 254 cm³/mol. The molecule has 2 aliphatic heterocycles. The summed E-state index contributed by atoms with van der Waals surface area (Å²) in [6, 6.07) is 19.7. The first kappa shape index (κ1) is 49.6. The number of pyridine rings is 2. The number of likely N-dealkylation sites (tertiary alicyclic amines) is 1. The summed E-state index contributed by atoms with van der Waals surface area (Å²) in [7, 11) is 0. The van der Waals surface area contributed by atoms with Crippen molar-refractivity contribution < 1.29 is 28.2 Å². The van der Waals surface area contributed by atoms with Gasteiger partial charge in [0.15, 0.2) is 5.82 Å². The minimum atomic E-state index is -0.849. The molecule has 7 rings (SSSR count). The van der Waals surface area contributed by atoms with Crippen LogP contribution in [0.4, 0.5) is 27.7 Å². The maximum absolute atomic E-state index is 14.5. The Morgan fingerprint density at radius 2 is 1.15 bits per heavy atom. The van der Waals surface area contributed by atoms with Gasteiger partial charge in [-0.15, -0.1) is 0 Å². The SMILES string of the molecule is CCOC(=O)C1(Cc2cccc(Nc3ccnn3C(C)(C)C)n2)CCN(C(=O)c2cccc(Cl)c2F)CC1.CCOC(=O)C1(Cc2cccc(Nc3ccnn3C(C)(C)C)n2)CCNCC1. The van der Waals surface area contributed by atoms with Gasteiger partial charge in [-0.3, -0.25) is 14.4 Å². The van der Waals surface area contributed by atoms with Gasteiger partial charge in [-0.2, -0.15) is 10.2 Å². The summed E-state index contributed by atoms with van der Waals surface area (Å²) >= 11 is 5.87. The van der Waals surface area contributed by atoms with Crippen molar-refractivity contribution in [2.75, 3.05) is 50.0 Å². The Bertz CT molecular complexity index is 2440. The fourth-order valence-corrected chi connectivity index (χ4v) is 8.65. The van der Waals surface area contributed by atoms with Crippen molar-refractivity contribution in [1.29, 1.82) is 0 Å². The Labute approximate surface area is 392 Å². The third-order valence-corrected chi connectivity index (χ3v) is 12.2. The number of halogens is 2. The maximum Gasteiger partial charge on any atom is 0.312 e. The molecule has 5 aromatic rings. The van der Waals surface area contributed by atoms with E-state index in [1.54, 1.807) is 30.3 Å². The number of piperidine rings is 2. The summed E-state index contributed by atoms with van der Waals surface area (Å²) in [4.78, 5) is 50.0. The van der Waals surface area contributed by atoms with E-state index < -0.39 is 22.6 Å². The van der Waals surface area contributed by atoms with Gasteiger partial charge in [0, 0.05) is 49.5 Å². The van der Waals surface area contributed by atoms with Crippen LogP contribution in [0.15, 0.2) is 79.1 Å². The second kappa shape index (κ2) is 21.2. The Kier molecular flexibility index (Phi) is 15.9. The van der Waals surface area contributed by atoms with E-state index in [1.807, 2.05) is 64.8 Å². The quantitative estimate of drug-likeness (QED) is 0.0961. The van der Waals surface area contributed by atoms with Gasteiger partial charge in [-0.25, -0.2) is 23.7 Å². The van der Waals surface area contributed by atoms with Crippen LogP contribution in [-0.2, 0) is 43.0 Å². The molecule has 17 heteroatoms. The lowest BCUT2D eigenvalue weighted by Crippen LogP contribution is -2.48. The number of esters is 2. The lowest BCUT2D eigenvalue weighted by atomic mass is 9.74. The smallest absolute Gasteiger partial charge is 0.312 e. The molecule has 0 radical (unpaired) electrons. The first-order valence-corrected chi connectivity index (χ1v) is 23.1. The van der Waals surface area contributed by atoms with Gasteiger partial charge in [0.2, 0.25) is 0 Å². The molecular formula is C49H64ClFN10O5. The van der Waals surface area contributed by atoms with Crippen molar-refractivity contribution in [2.45, 2.75) is 105 Å². The average Bonchev–Trinajstić information content (AvgIpc) is 3.96. The molecule has 0 saturated carbocycles. The number of nitrogens with one attached hydrogen (secondary N) is 3. The van der Waals surface area contributed by atoms with E-state index in [0.717, 1.165) is 54.8 Å². The molecule has 0 atom stereocenters. The van der Waals surface area contributed by atoms with Crippen LogP contribution < -0.4 is 16.0 Å². The number of hydrogen-bond acceptors (Lipinski definition) is 12. The highest BCUT2D eigenvalue weighted by Gasteiger charge is 2.45. The van der Waals surface area contributed by atoms with E-state index in [1.165, 1.54) is 12.1 Å². The van der Waals surface area contributed by atoms with E-state index in [4.69, 9.17) is 31.0 Å². The van der Waals surface area contributed by atoms with Crippen molar-refractivity contribution in [3.8, 4) is 0 Å². The highest BCUT2D eigenvalue weighted by molar-refractivity contribution is 6.31. The summed E-state index contributed by atoms with van der Waals surface area (Å²) in [5.74, 6) is 1.48. The molecule has 15 nitrogen and oxygen atoms in total. The lowest BCUT2D eigenvalue weighted by molar-refractivity contribution is -0.158. The van der Waals surface area contributed by atoms with E-state index in [-0.39, 0.29) is 53.3 Å². The average molecular weight is 928 g/mol. The second-order valence-corrected chi connectivity index (χ2v) is 19.3. The van der Waals surface area contributed by atoms with Crippen molar-refractivity contribution in [3.05, 3.63) is 107 Å². The monoisotopic (exact) mass is 926 g/mol. The topological polar surface area (TPSA) is 170 Å². The molecule has 4 aromatic heterocycles. The van der Waals surface area contributed by atoms with Gasteiger partial charge < -0.3 is 30.3 Å². The molecule has 2 saturated heterocycles. The van der Waals surface area contributed by atoms with Crippen molar-refractivity contribution in [1.82, 2.24) is 39.7 Å². The van der Waals surface area contributed by atoms with Crippen LogP contribution in [0.5, 0.6) is 0 Å². The largest absolute Gasteiger partial charge is 0.466 e. The summed E-state index contributed by atoms with van der Waals surface area (Å²) in [5.41, 5.74) is -0.148. The fourth-order valence-electron chi connectivity index (χ4n) is 8.47. The molecule has 1 aromatic carbocycles. The zero-order chi connectivity index (χ0) is 47.7. The third kappa shape index (κ3) is 11.9. The van der Waals surface area contributed by atoms with E-state index in [0.29, 0.717) is 38.1 Å². The van der Waals surface area contributed by atoms with E-state index in [2.05, 4.69) is 67.7 Å². The van der Waals surface area contributed by atoms with Crippen LogP contribution in [0.1, 0.15) is 103 Å². The molecule has 0 spiro atoms. The summed E-state index contributed by atoms with van der Waals surface area (Å²) in [6.45, 7) is 19.0. The highest BCUT2D eigenvalue weighted by atomic mass is 35.5. The number of amides is 1. The molecule has 66 heavy (non-hydrogen) atoms. The van der Waals surface area contributed by atoms with Gasteiger partial charge in [-0.1, -0.05) is 29.8 Å². The molecule has 2 aliphatic rings. The molecule has 3 N–H and O–H groups in total. The molecule has 2 fully saturated rings. The molecule has 0 aliphatic carbocycles. The number of carbonyl (C=O) groups is 3. The van der Waals surface area contributed by atoms with Crippen molar-refractivity contribution in [3.63, 3.8) is 0 Å². The number of aromatic nitrogens is 6. The Balaban J connectivity index is 0.000000229. The molecule has 354 valence electrons. The number of benzene rings is 1. The first-order valence-electron chi connectivity index (χ1n) is 22.7. The van der Waals surface area contributed by atoms with Gasteiger partial charge in [-0.05, 0) is 131 Å². The highest BCUT2D eigenvalue weighted by Crippen LogP contribution is 2.38. The zero-order valence-electron chi connectivity index (χ0n) is 39.4. The summed E-state index contributed by atoms with van der Waals surface area (Å²) < 4.78 is 29.2. The molecule has 0 bridgehead atoms. The molecular weight excluding hydrogens is 863 g/mol. The minimum Gasteiger partial charge on any atom is -0.466 e. The number of hydrogen-bond donors (Lipinski definition) is 3. The Morgan fingerprint density at radius 1 is 0.697 bits per heavy atom. The van der Waals surface area contributed by atoms with Gasteiger partial charge in [0.05, 0.1) is 58.1 Å². The molecule has 1 amide bonds. The normalized spacial score (nSPS) is 15.8. The first-order chi connectivity index (χ1) is 31.4. The molecule has 6 heterocycles. The number of anilines is 4. The maximum atomic E-state index is 14.5. The minimum absolute atomic E-state index is 0.0731. The van der Waals surface area contributed by atoms with Gasteiger partial charge in [0.25, 0.3) is 5.91 Å². The van der Waals surface area contributed by atoms with Crippen LogP contribution in [0.25, 0.3) is 0 Å². The summed E-state index contributed by atoms with van der Waals surface area (Å²) in [5, 5.41) is 18.7. The van der Waals surface area contributed by atoms with Crippen LogP contribution in [0.2, 0.25) is 5.02 Å². The number of nitrogens with zero attached hydrogens (tertiary/aromatic N) is 7. The predicted octanol–water partition coefficient (Wildman–Crippen LogP) is 8.85. The van der Waals surface area contributed by atoms with E-state index in [9.17, 15) is 18.8 Å². The fraction of sp³-hybridized carbons (Fsp3) is 0.490. The third-order valence-electron chi connectivity index (χ3n) is 11.9. The Hall–Kier alpha value is -5.87. The standard InChI is InChI=1S/C28H33ClFN5O3.C21H31N5O2/c1-5-38-26(37)28(13-16-34(17-14-28)25(36)20-9-7-10-21(29)24(20)30)18-19-8-6-11-22(32-19)33-23-12-15-31-35(23)27(2,3)4;1-5-28-19(27)21(10-13-22-14-11-21)15-16-7-6-8-17(24-16)25-18-9-12-23-26(18)20(2,3)4/h6-12,15H,5,13-14,16-18H2,1-4H3,(H,32,33);6-9,12,22H,5,10-11,13-15H2,1-4H3,(H,24,25). The van der Waals surface area contributed by atoms with Crippen LogP contribution in [0.3, 0.4) is 0 Å². The van der Waals surface area contributed by atoms with E-state index >= 15 is 0 Å². The molecule has 0 unspecified atom stereocenters. The van der Waals surface area contributed by atoms with Gasteiger partial charge in [0.1, 0.15) is 23.3 Å². The van der Waals surface area contributed by atoms with Crippen LogP contribution in [0, 0.1) is 16.6 Å². The van der Waals surface area contributed by atoms with Gasteiger partial charge >= 0.3 is 11.9 Å². The number of ether oxygens (including phenoxy) is 2. The lowest BCUT2D eigenvalue weighted by Gasteiger charge is -2.40.